The van der Waals surface area contributed by atoms with Gasteiger partial charge in [-0.2, -0.15) is 0 Å². The molecule has 0 radical (unpaired) electrons. The highest BCUT2D eigenvalue weighted by Gasteiger charge is 2.33. The van der Waals surface area contributed by atoms with Crippen LogP contribution >= 0.6 is 0 Å². The molecule has 6 heteroatoms. The van der Waals surface area contributed by atoms with E-state index in [1.54, 1.807) is 0 Å². The Hall–Kier alpha value is -2.86. The number of rotatable bonds is 6. The maximum absolute atomic E-state index is 12.5. The molecule has 2 aromatic carbocycles. The second-order valence-corrected chi connectivity index (χ2v) is 7.74. The molecule has 1 amide bonds. The van der Waals surface area contributed by atoms with Crippen LogP contribution in [-0.2, 0) is 14.3 Å². The van der Waals surface area contributed by atoms with Crippen molar-refractivity contribution in [3.8, 4) is 11.1 Å². The maximum Gasteiger partial charge on any atom is 0.407 e. The summed E-state index contributed by atoms with van der Waals surface area (Å²) in [6.07, 6.45) is 0.542. The van der Waals surface area contributed by atoms with Crippen molar-refractivity contribution in [1.82, 2.24) is 5.32 Å². The monoisotopic (exact) mass is 395 g/mol. The predicted molar refractivity (Wildman–Crippen MR) is 108 cm³/mol. The lowest BCUT2D eigenvalue weighted by molar-refractivity contribution is -0.138. The first-order chi connectivity index (χ1) is 14.0. The second-order valence-electron chi connectivity index (χ2n) is 7.74. The van der Waals surface area contributed by atoms with Gasteiger partial charge in [-0.3, -0.25) is 4.79 Å². The van der Waals surface area contributed by atoms with Gasteiger partial charge in [-0.1, -0.05) is 48.5 Å². The van der Waals surface area contributed by atoms with Crippen molar-refractivity contribution in [2.75, 3.05) is 6.61 Å². The van der Waals surface area contributed by atoms with E-state index in [-0.39, 0.29) is 31.2 Å². The Labute approximate surface area is 169 Å². The van der Waals surface area contributed by atoms with Crippen LogP contribution in [0.2, 0.25) is 0 Å². The molecule has 2 aliphatic rings. The molecule has 0 aromatic heterocycles. The summed E-state index contributed by atoms with van der Waals surface area (Å²) in [7, 11) is 0. The van der Waals surface area contributed by atoms with Crippen molar-refractivity contribution in [3.05, 3.63) is 59.7 Å². The molecule has 152 valence electrons. The molecule has 1 aliphatic carbocycles. The number of hydrogen-bond donors (Lipinski definition) is 2. The zero-order chi connectivity index (χ0) is 20.4. The first-order valence-electron chi connectivity index (χ1n) is 10.0. The van der Waals surface area contributed by atoms with Gasteiger partial charge in [-0.15, -0.1) is 0 Å². The van der Waals surface area contributed by atoms with Crippen LogP contribution in [0.1, 0.15) is 43.2 Å². The van der Waals surface area contributed by atoms with Crippen molar-refractivity contribution in [3.63, 3.8) is 0 Å². The minimum Gasteiger partial charge on any atom is -0.481 e. The zero-order valence-electron chi connectivity index (χ0n) is 16.3. The number of amides is 1. The number of carboxylic acids is 1. The quantitative estimate of drug-likeness (QED) is 0.774. The number of fused-ring (bicyclic) bond motifs is 3. The summed E-state index contributed by atoms with van der Waals surface area (Å²) in [5.41, 5.74) is 4.59. The van der Waals surface area contributed by atoms with Crippen LogP contribution in [-0.4, -0.2) is 42.0 Å². The number of benzene rings is 2. The summed E-state index contributed by atoms with van der Waals surface area (Å²) >= 11 is 0. The fraction of sp³-hybridized carbons (Fsp3) is 0.391. The summed E-state index contributed by atoms with van der Waals surface area (Å²) in [6.45, 7) is 2.15. The molecular weight excluding hydrogens is 370 g/mol. The van der Waals surface area contributed by atoms with E-state index in [1.807, 2.05) is 31.2 Å². The van der Waals surface area contributed by atoms with Crippen LogP contribution in [0.4, 0.5) is 4.79 Å². The molecule has 0 spiro atoms. The van der Waals surface area contributed by atoms with Gasteiger partial charge < -0.3 is 19.9 Å². The fourth-order valence-corrected chi connectivity index (χ4v) is 4.38. The zero-order valence-corrected chi connectivity index (χ0v) is 16.3. The number of carboxylic acid groups (broad SMARTS) is 1. The van der Waals surface area contributed by atoms with Crippen molar-refractivity contribution < 1.29 is 24.2 Å². The molecule has 0 saturated carbocycles. The number of carbonyl (C=O) groups excluding carboxylic acids is 1. The molecule has 6 nitrogen and oxygen atoms in total. The lowest BCUT2D eigenvalue weighted by Gasteiger charge is -2.23. The number of nitrogens with one attached hydrogen (secondary N) is 1. The average Bonchev–Trinajstić information content (AvgIpc) is 3.27. The molecule has 2 unspecified atom stereocenters. The smallest absolute Gasteiger partial charge is 0.407 e. The van der Waals surface area contributed by atoms with Crippen molar-refractivity contribution in [1.29, 1.82) is 0 Å². The minimum absolute atomic E-state index is 0.0335. The van der Waals surface area contributed by atoms with E-state index in [0.29, 0.717) is 0 Å². The Morgan fingerprint density at radius 2 is 1.72 bits per heavy atom. The van der Waals surface area contributed by atoms with Crippen molar-refractivity contribution in [2.45, 2.75) is 50.4 Å². The maximum atomic E-state index is 12.5. The Balaban J connectivity index is 1.43. The molecule has 1 heterocycles. The molecular formula is C23H25NO5. The third-order valence-electron chi connectivity index (χ3n) is 5.76. The van der Waals surface area contributed by atoms with E-state index in [2.05, 4.69) is 29.6 Å². The van der Waals surface area contributed by atoms with Gasteiger partial charge in [-0.25, -0.2) is 4.79 Å². The van der Waals surface area contributed by atoms with Crippen LogP contribution in [0, 0.1) is 0 Å². The molecule has 29 heavy (non-hydrogen) atoms. The van der Waals surface area contributed by atoms with E-state index in [0.717, 1.165) is 35.1 Å². The highest BCUT2D eigenvalue weighted by molar-refractivity contribution is 5.79. The Morgan fingerprint density at radius 1 is 1.10 bits per heavy atom. The van der Waals surface area contributed by atoms with Gasteiger partial charge in [0.2, 0.25) is 0 Å². The van der Waals surface area contributed by atoms with Crippen molar-refractivity contribution >= 4 is 12.1 Å². The van der Waals surface area contributed by atoms with Crippen LogP contribution in [0.5, 0.6) is 0 Å². The number of aliphatic carboxylic acids is 1. The van der Waals surface area contributed by atoms with E-state index in [9.17, 15) is 14.7 Å². The summed E-state index contributed by atoms with van der Waals surface area (Å²) < 4.78 is 11.3. The van der Waals surface area contributed by atoms with Crippen molar-refractivity contribution in [2.24, 2.45) is 0 Å². The molecule has 3 atom stereocenters. The molecule has 2 aromatic rings. The fourth-order valence-electron chi connectivity index (χ4n) is 4.38. The normalized spacial score (nSPS) is 21.3. The van der Waals surface area contributed by atoms with Crippen LogP contribution in [0.25, 0.3) is 11.1 Å². The van der Waals surface area contributed by atoms with Gasteiger partial charge in [0.1, 0.15) is 6.61 Å². The summed E-state index contributed by atoms with van der Waals surface area (Å²) in [5, 5.41) is 11.9. The summed E-state index contributed by atoms with van der Waals surface area (Å²) in [4.78, 5) is 23.7. The summed E-state index contributed by atoms with van der Waals surface area (Å²) in [6, 6.07) is 15.7. The molecule has 1 fully saturated rings. The second kappa shape index (κ2) is 8.25. The summed E-state index contributed by atoms with van der Waals surface area (Å²) in [5.74, 6) is -1.01. The van der Waals surface area contributed by atoms with E-state index >= 15 is 0 Å². The highest BCUT2D eigenvalue weighted by Crippen LogP contribution is 2.44. The lowest BCUT2D eigenvalue weighted by atomic mass is 9.98. The van der Waals surface area contributed by atoms with E-state index in [1.165, 1.54) is 0 Å². The number of hydrogen-bond acceptors (Lipinski definition) is 4. The van der Waals surface area contributed by atoms with Crippen LogP contribution in [0.3, 0.4) is 0 Å². The molecule has 2 N–H and O–H groups in total. The topological polar surface area (TPSA) is 84.9 Å². The first kappa shape index (κ1) is 19.5. The van der Waals surface area contributed by atoms with E-state index in [4.69, 9.17) is 9.47 Å². The molecule has 1 saturated heterocycles. The minimum atomic E-state index is -0.975. The first-order valence-corrected chi connectivity index (χ1v) is 10.0. The average molecular weight is 395 g/mol. The number of ether oxygens (including phenoxy) is 2. The Bertz CT molecular complexity index is 866. The number of carbonyl (C=O) groups is 2. The predicted octanol–water partition coefficient (Wildman–Crippen LogP) is 3.94. The van der Waals surface area contributed by atoms with Gasteiger partial charge in [0.15, 0.2) is 0 Å². The SMILES string of the molecule is CC1CCC([C@H](CC(=O)O)NC(=O)OCC2c3ccccc3-c3ccccc32)O1. The number of alkyl carbamates (subject to hydrolysis) is 1. The standard InChI is InChI=1S/C23H25NO5/c1-14-10-11-21(29-14)20(12-22(25)26)24-23(27)28-13-19-17-8-4-2-6-15(17)16-7-3-5-9-18(16)19/h2-9,14,19-21H,10-13H2,1H3,(H,24,27)(H,25,26)/t14?,20-,21?/m0/s1. The Kier molecular flexibility index (Phi) is 5.53. The third-order valence-corrected chi connectivity index (χ3v) is 5.76. The Morgan fingerprint density at radius 3 is 2.28 bits per heavy atom. The molecule has 4 rings (SSSR count). The largest absolute Gasteiger partial charge is 0.481 e. The van der Waals surface area contributed by atoms with E-state index < -0.39 is 18.1 Å². The van der Waals surface area contributed by atoms with Gasteiger partial charge in [0.25, 0.3) is 0 Å². The molecule has 1 aliphatic heterocycles. The van der Waals surface area contributed by atoms with Gasteiger partial charge in [-0.05, 0) is 42.0 Å². The van der Waals surface area contributed by atoms with Gasteiger partial charge in [0.05, 0.1) is 24.7 Å². The van der Waals surface area contributed by atoms with Crippen LogP contribution in [0.15, 0.2) is 48.5 Å². The van der Waals surface area contributed by atoms with Crippen LogP contribution < -0.4 is 5.32 Å². The molecule has 0 bridgehead atoms. The highest BCUT2D eigenvalue weighted by atomic mass is 16.6. The van der Waals surface area contributed by atoms with Gasteiger partial charge in [0, 0.05) is 5.92 Å². The lowest BCUT2D eigenvalue weighted by Crippen LogP contribution is -2.45. The third kappa shape index (κ3) is 4.12. The van der Waals surface area contributed by atoms with Gasteiger partial charge >= 0.3 is 12.1 Å².